The normalized spacial score (nSPS) is 16.9. The molecule has 2 aromatic rings. The van der Waals surface area contributed by atoms with Crippen LogP contribution in [0.1, 0.15) is 40.2 Å². The van der Waals surface area contributed by atoms with Gasteiger partial charge in [-0.1, -0.05) is 18.2 Å². The average Bonchev–Trinajstić information content (AvgIpc) is 2.68. The highest BCUT2D eigenvalue weighted by molar-refractivity contribution is 9.10. The van der Waals surface area contributed by atoms with Gasteiger partial charge in [-0.05, 0) is 58.1 Å². The molecule has 0 radical (unpaired) electrons. The van der Waals surface area contributed by atoms with Gasteiger partial charge in [-0.25, -0.2) is 4.79 Å². The lowest BCUT2D eigenvalue weighted by atomic mass is 9.85. The number of hydrogen-bond acceptors (Lipinski definition) is 4. The van der Waals surface area contributed by atoms with Crippen molar-refractivity contribution in [3.05, 3.63) is 75.4 Å². The lowest BCUT2D eigenvalue weighted by Gasteiger charge is -2.24. The van der Waals surface area contributed by atoms with Crippen molar-refractivity contribution in [3.8, 4) is 0 Å². The second-order valence-corrected chi connectivity index (χ2v) is 7.44. The van der Waals surface area contributed by atoms with Crippen LogP contribution in [0.15, 0.2) is 58.7 Å². The van der Waals surface area contributed by atoms with Gasteiger partial charge in [-0.15, -0.1) is 0 Å². The molecule has 1 aliphatic carbocycles. The molecule has 1 unspecified atom stereocenters. The Morgan fingerprint density at radius 1 is 1.14 bits per heavy atom. The molecule has 1 atom stereocenters. The SMILES string of the molecule is COC(=O)c1cccc(NC2=CC(=O)CC(c3ccc(C(F)(F)F)cc3)C2)c1Br. The summed E-state index contributed by atoms with van der Waals surface area (Å²) in [5.41, 5.74) is 1.48. The highest BCUT2D eigenvalue weighted by Crippen LogP contribution is 2.36. The number of halogens is 4. The monoisotopic (exact) mass is 467 g/mol. The third-order valence-electron chi connectivity index (χ3n) is 4.66. The van der Waals surface area contributed by atoms with Gasteiger partial charge in [0, 0.05) is 18.2 Å². The van der Waals surface area contributed by atoms with Gasteiger partial charge in [-0.3, -0.25) is 4.79 Å². The van der Waals surface area contributed by atoms with Gasteiger partial charge in [0.25, 0.3) is 0 Å². The lowest BCUT2D eigenvalue weighted by molar-refractivity contribution is -0.137. The van der Waals surface area contributed by atoms with E-state index in [1.807, 2.05) is 0 Å². The number of carbonyl (C=O) groups is 2. The number of alkyl halides is 3. The minimum absolute atomic E-state index is 0.121. The first-order valence-electron chi connectivity index (χ1n) is 8.73. The molecule has 0 fully saturated rings. The Bertz CT molecular complexity index is 968. The van der Waals surface area contributed by atoms with E-state index >= 15 is 0 Å². The second kappa shape index (κ2) is 8.41. The van der Waals surface area contributed by atoms with Gasteiger partial charge in [0.1, 0.15) is 0 Å². The predicted molar refractivity (Wildman–Crippen MR) is 106 cm³/mol. The van der Waals surface area contributed by atoms with Crippen molar-refractivity contribution in [1.29, 1.82) is 0 Å². The van der Waals surface area contributed by atoms with Crippen molar-refractivity contribution < 1.29 is 27.5 Å². The van der Waals surface area contributed by atoms with Gasteiger partial charge < -0.3 is 10.1 Å². The number of anilines is 1. The molecule has 8 heteroatoms. The summed E-state index contributed by atoms with van der Waals surface area (Å²) in [6.45, 7) is 0. The molecule has 0 saturated heterocycles. The van der Waals surface area contributed by atoms with Crippen molar-refractivity contribution in [2.75, 3.05) is 12.4 Å². The molecule has 2 aromatic carbocycles. The van der Waals surface area contributed by atoms with E-state index in [1.54, 1.807) is 18.2 Å². The number of ether oxygens (including phenoxy) is 1. The highest BCUT2D eigenvalue weighted by atomic mass is 79.9. The van der Waals surface area contributed by atoms with Crippen LogP contribution in [0, 0.1) is 0 Å². The predicted octanol–water partition coefficient (Wildman–Crippen LogP) is 5.70. The van der Waals surface area contributed by atoms with Gasteiger partial charge in [-0.2, -0.15) is 13.2 Å². The molecule has 0 heterocycles. The van der Waals surface area contributed by atoms with Crippen LogP contribution in [0.2, 0.25) is 0 Å². The number of methoxy groups -OCH3 is 1. The Hall–Kier alpha value is -2.61. The minimum atomic E-state index is -4.40. The third-order valence-corrected chi connectivity index (χ3v) is 5.51. The fourth-order valence-electron chi connectivity index (χ4n) is 3.23. The summed E-state index contributed by atoms with van der Waals surface area (Å²) in [5, 5.41) is 3.14. The summed E-state index contributed by atoms with van der Waals surface area (Å²) in [7, 11) is 1.28. The summed E-state index contributed by atoms with van der Waals surface area (Å²) in [6, 6.07) is 9.91. The van der Waals surface area contributed by atoms with Gasteiger partial charge in [0.05, 0.1) is 28.4 Å². The van der Waals surface area contributed by atoms with Crippen molar-refractivity contribution in [2.45, 2.75) is 24.9 Å². The van der Waals surface area contributed by atoms with Crippen LogP contribution in [-0.2, 0) is 15.7 Å². The average molecular weight is 468 g/mol. The molecule has 1 N–H and O–H groups in total. The van der Waals surface area contributed by atoms with Crippen molar-refractivity contribution >= 4 is 33.4 Å². The quantitative estimate of drug-likeness (QED) is 0.586. The molecule has 4 nitrogen and oxygen atoms in total. The number of nitrogens with one attached hydrogen (secondary N) is 1. The molecule has 1 aliphatic rings. The van der Waals surface area contributed by atoms with Crippen LogP contribution in [0.3, 0.4) is 0 Å². The van der Waals surface area contributed by atoms with Crippen molar-refractivity contribution in [1.82, 2.24) is 0 Å². The molecule has 152 valence electrons. The van der Waals surface area contributed by atoms with Gasteiger partial charge in [0.15, 0.2) is 5.78 Å². The van der Waals surface area contributed by atoms with Gasteiger partial charge in [0.2, 0.25) is 0 Å². The largest absolute Gasteiger partial charge is 0.465 e. The fourth-order valence-corrected chi connectivity index (χ4v) is 3.75. The van der Waals surface area contributed by atoms with Gasteiger partial charge >= 0.3 is 12.1 Å². The van der Waals surface area contributed by atoms with E-state index in [4.69, 9.17) is 4.74 Å². The number of esters is 1. The van der Waals surface area contributed by atoms with E-state index in [-0.39, 0.29) is 18.1 Å². The Kier molecular flexibility index (Phi) is 6.12. The lowest BCUT2D eigenvalue weighted by Crippen LogP contribution is -2.17. The second-order valence-electron chi connectivity index (χ2n) is 6.64. The maximum Gasteiger partial charge on any atom is 0.416 e. The zero-order valence-electron chi connectivity index (χ0n) is 15.3. The molecule has 3 rings (SSSR count). The first-order chi connectivity index (χ1) is 13.7. The van der Waals surface area contributed by atoms with E-state index < -0.39 is 17.7 Å². The van der Waals surface area contributed by atoms with E-state index in [9.17, 15) is 22.8 Å². The zero-order valence-corrected chi connectivity index (χ0v) is 16.9. The Morgan fingerprint density at radius 2 is 1.83 bits per heavy atom. The summed E-state index contributed by atoms with van der Waals surface area (Å²) in [6.07, 6.45) is -2.24. The molecule has 0 spiro atoms. The fraction of sp³-hybridized carbons (Fsp3) is 0.238. The number of ketones is 1. The van der Waals surface area contributed by atoms with Crippen molar-refractivity contribution in [3.63, 3.8) is 0 Å². The number of hydrogen-bond donors (Lipinski definition) is 1. The standard InChI is InChI=1S/C21H17BrF3NO3/c1-29-20(28)17-3-2-4-18(19(17)22)26-15-9-13(10-16(27)11-15)12-5-7-14(8-6-12)21(23,24)25/h2-8,11,13,26H,9-10H2,1H3. The summed E-state index contributed by atoms with van der Waals surface area (Å²) >= 11 is 3.37. The number of benzene rings is 2. The van der Waals surface area contributed by atoms with Crippen molar-refractivity contribution in [2.24, 2.45) is 0 Å². The number of allylic oxidation sites excluding steroid dienone is 2. The zero-order chi connectivity index (χ0) is 21.2. The third kappa shape index (κ3) is 4.87. The first kappa shape index (κ1) is 21.1. The van der Waals surface area contributed by atoms with Crippen LogP contribution < -0.4 is 5.32 Å². The Morgan fingerprint density at radius 3 is 2.45 bits per heavy atom. The molecule has 0 amide bonds. The van der Waals surface area contributed by atoms with E-state index in [1.165, 1.54) is 25.3 Å². The smallest absolute Gasteiger partial charge is 0.416 e. The Labute approximate surface area is 173 Å². The molecular formula is C21H17BrF3NO3. The molecule has 0 saturated carbocycles. The summed E-state index contributed by atoms with van der Waals surface area (Å²) in [4.78, 5) is 24.0. The molecule has 0 bridgehead atoms. The first-order valence-corrected chi connectivity index (χ1v) is 9.52. The van der Waals surface area contributed by atoms with Crippen LogP contribution in [0.4, 0.5) is 18.9 Å². The number of rotatable bonds is 4. The van der Waals surface area contributed by atoms with Crippen LogP contribution >= 0.6 is 15.9 Å². The minimum Gasteiger partial charge on any atom is -0.465 e. The van der Waals surface area contributed by atoms with Crippen LogP contribution in [0.5, 0.6) is 0 Å². The van der Waals surface area contributed by atoms with E-state index in [0.29, 0.717) is 33.4 Å². The highest BCUT2D eigenvalue weighted by Gasteiger charge is 2.31. The van der Waals surface area contributed by atoms with Crippen LogP contribution in [0.25, 0.3) is 0 Å². The number of carbonyl (C=O) groups excluding carboxylic acids is 2. The van der Waals surface area contributed by atoms with E-state index in [2.05, 4.69) is 21.2 Å². The Balaban J connectivity index is 1.80. The molecule has 29 heavy (non-hydrogen) atoms. The molecule has 0 aliphatic heterocycles. The van der Waals surface area contributed by atoms with Crippen LogP contribution in [-0.4, -0.2) is 18.9 Å². The maximum absolute atomic E-state index is 12.8. The van der Waals surface area contributed by atoms with E-state index in [0.717, 1.165) is 12.1 Å². The topological polar surface area (TPSA) is 55.4 Å². The summed E-state index contributed by atoms with van der Waals surface area (Å²) in [5.74, 6) is -0.861. The maximum atomic E-state index is 12.8. The molecular weight excluding hydrogens is 451 g/mol. The molecule has 0 aromatic heterocycles. The summed E-state index contributed by atoms with van der Waals surface area (Å²) < 4.78 is 43.6.